The largest absolute Gasteiger partial charge is 0.0844 e. The number of hydrogen-bond donors (Lipinski definition) is 0. The first-order valence-corrected chi connectivity index (χ1v) is 9.49. The lowest BCUT2D eigenvalue weighted by Crippen LogP contribution is -2.46. The molecule has 0 aromatic heterocycles. The average molecular weight is 284 g/mol. The molecular weight excluding hydrogens is 252 g/mol. The summed E-state index contributed by atoms with van der Waals surface area (Å²) in [6, 6.07) is 0. The van der Waals surface area contributed by atoms with Gasteiger partial charge in [-0.25, -0.2) is 0 Å². The monoisotopic (exact) mass is 284 g/mol. The van der Waals surface area contributed by atoms with Crippen LogP contribution in [0.25, 0.3) is 0 Å². The summed E-state index contributed by atoms with van der Waals surface area (Å²) >= 11 is 0. The summed E-state index contributed by atoms with van der Waals surface area (Å²) in [5.74, 6) is 2.83. The fraction of sp³-hybridized carbons (Fsp3) is 0.810. The molecule has 0 saturated heterocycles. The van der Waals surface area contributed by atoms with Crippen molar-refractivity contribution >= 4 is 0 Å². The van der Waals surface area contributed by atoms with E-state index in [9.17, 15) is 0 Å². The van der Waals surface area contributed by atoms with Crippen molar-refractivity contribution in [2.45, 2.75) is 78.6 Å². The zero-order valence-electron chi connectivity index (χ0n) is 14.3. The lowest BCUT2D eigenvalue weighted by Gasteiger charge is -2.56. The van der Waals surface area contributed by atoms with Crippen LogP contribution in [-0.4, -0.2) is 0 Å². The molecule has 116 valence electrons. The molecule has 0 radical (unpaired) electrons. The molecule has 4 rings (SSSR count). The highest BCUT2D eigenvalue weighted by Crippen LogP contribution is 2.64. The fourth-order valence-corrected chi connectivity index (χ4v) is 6.77. The van der Waals surface area contributed by atoms with E-state index in [1.807, 2.05) is 5.57 Å². The first-order chi connectivity index (χ1) is 10.1. The van der Waals surface area contributed by atoms with Crippen molar-refractivity contribution in [1.82, 2.24) is 0 Å². The van der Waals surface area contributed by atoms with Gasteiger partial charge in [0.05, 0.1) is 0 Å². The molecule has 0 spiro atoms. The maximum Gasteiger partial charge on any atom is -0.00450 e. The van der Waals surface area contributed by atoms with E-state index in [1.54, 1.807) is 5.57 Å². The predicted octanol–water partition coefficient (Wildman–Crippen LogP) is 6.29. The maximum atomic E-state index is 2.73. The summed E-state index contributed by atoms with van der Waals surface area (Å²) in [7, 11) is 0. The van der Waals surface area contributed by atoms with Gasteiger partial charge in [0.15, 0.2) is 0 Å². The normalized spacial score (nSPS) is 48.8. The van der Waals surface area contributed by atoms with Crippen LogP contribution in [0.1, 0.15) is 78.6 Å². The highest BCUT2D eigenvalue weighted by Gasteiger charge is 2.54. The molecular formula is C21H32. The van der Waals surface area contributed by atoms with Gasteiger partial charge in [-0.2, -0.15) is 0 Å². The Kier molecular flexibility index (Phi) is 3.18. The smallest absolute Gasteiger partial charge is 0.00450 e. The molecule has 4 aliphatic carbocycles. The number of hydrogen-bond acceptors (Lipinski definition) is 0. The van der Waals surface area contributed by atoms with Crippen molar-refractivity contribution < 1.29 is 0 Å². The molecule has 2 saturated carbocycles. The van der Waals surface area contributed by atoms with E-state index < -0.39 is 0 Å². The SMILES string of the molecule is CCC1=CCC2C3CCC4CCCCC4(C)C3=CCC12C. The number of fused-ring (bicyclic) bond motifs is 5. The number of rotatable bonds is 1. The second-order valence-corrected chi connectivity index (χ2v) is 8.75. The lowest BCUT2D eigenvalue weighted by atomic mass is 9.49. The van der Waals surface area contributed by atoms with Crippen molar-refractivity contribution in [2.75, 3.05) is 0 Å². The Bertz CT molecular complexity index is 496. The third-order valence-corrected chi connectivity index (χ3v) is 8.07. The van der Waals surface area contributed by atoms with Crippen LogP contribution in [0.5, 0.6) is 0 Å². The molecule has 0 aliphatic heterocycles. The second-order valence-electron chi connectivity index (χ2n) is 8.75. The first kappa shape index (κ1) is 14.1. The summed E-state index contributed by atoms with van der Waals surface area (Å²) in [5, 5.41) is 0. The topological polar surface area (TPSA) is 0 Å². The lowest BCUT2D eigenvalue weighted by molar-refractivity contribution is 0.0486. The van der Waals surface area contributed by atoms with Crippen LogP contribution in [0.3, 0.4) is 0 Å². The minimum atomic E-state index is 0.501. The zero-order chi connectivity index (χ0) is 14.7. The number of allylic oxidation sites excluding steroid dienone is 4. The van der Waals surface area contributed by atoms with Crippen molar-refractivity contribution in [3.63, 3.8) is 0 Å². The third kappa shape index (κ3) is 1.80. The Morgan fingerprint density at radius 2 is 1.90 bits per heavy atom. The molecule has 21 heavy (non-hydrogen) atoms. The molecule has 0 N–H and O–H groups in total. The summed E-state index contributed by atoms with van der Waals surface area (Å²) in [5.41, 5.74) is 4.74. The highest BCUT2D eigenvalue weighted by molar-refractivity contribution is 5.34. The fourth-order valence-electron chi connectivity index (χ4n) is 6.77. The van der Waals surface area contributed by atoms with Gasteiger partial charge in [0, 0.05) is 0 Å². The average Bonchev–Trinajstić information content (AvgIpc) is 2.83. The summed E-state index contributed by atoms with van der Waals surface area (Å²) in [6.07, 6.45) is 18.2. The molecule has 0 heteroatoms. The second kappa shape index (κ2) is 4.74. The molecule has 4 aliphatic rings. The van der Waals surface area contributed by atoms with Crippen LogP contribution >= 0.6 is 0 Å². The molecule has 0 nitrogen and oxygen atoms in total. The first-order valence-electron chi connectivity index (χ1n) is 9.49. The van der Waals surface area contributed by atoms with Gasteiger partial charge in [-0.15, -0.1) is 0 Å². The van der Waals surface area contributed by atoms with Gasteiger partial charge < -0.3 is 0 Å². The van der Waals surface area contributed by atoms with E-state index in [4.69, 9.17) is 0 Å². The van der Waals surface area contributed by atoms with Crippen LogP contribution in [0.15, 0.2) is 23.3 Å². The Morgan fingerprint density at radius 1 is 1.05 bits per heavy atom. The van der Waals surface area contributed by atoms with E-state index in [-0.39, 0.29) is 0 Å². The minimum Gasteiger partial charge on any atom is -0.0844 e. The van der Waals surface area contributed by atoms with E-state index in [1.165, 1.54) is 57.8 Å². The zero-order valence-corrected chi connectivity index (χ0v) is 14.3. The Labute approximate surface area is 131 Å². The summed E-state index contributed by atoms with van der Waals surface area (Å²) < 4.78 is 0. The van der Waals surface area contributed by atoms with Crippen molar-refractivity contribution in [1.29, 1.82) is 0 Å². The van der Waals surface area contributed by atoms with Gasteiger partial charge in [0.1, 0.15) is 0 Å². The van der Waals surface area contributed by atoms with Gasteiger partial charge in [0.2, 0.25) is 0 Å². The van der Waals surface area contributed by atoms with Gasteiger partial charge >= 0.3 is 0 Å². The predicted molar refractivity (Wildman–Crippen MR) is 90.1 cm³/mol. The highest BCUT2D eigenvalue weighted by atomic mass is 14.6. The Morgan fingerprint density at radius 3 is 2.71 bits per heavy atom. The Hall–Kier alpha value is -0.520. The van der Waals surface area contributed by atoms with E-state index in [0.717, 1.165) is 17.8 Å². The quantitative estimate of drug-likeness (QED) is 0.497. The van der Waals surface area contributed by atoms with Crippen LogP contribution < -0.4 is 0 Å². The molecule has 0 aromatic rings. The van der Waals surface area contributed by atoms with Crippen molar-refractivity contribution in [3.8, 4) is 0 Å². The van der Waals surface area contributed by atoms with Crippen molar-refractivity contribution in [3.05, 3.63) is 23.3 Å². The summed E-state index contributed by atoms with van der Waals surface area (Å²) in [4.78, 5) is 0. The van der Waals surface area contributed by atoms with E-state index in [2.05, 4.69) is 32.9 Å². The molecule has 5 unspecified atom stereocenters. The molecule has 0 bridgehead atoms. The maximum absolute atomic E-state index is 2.73. The van der Waals surface area contributed by atoms with Crippen LogP contribution in [-0.2, 0) is 0 Å². The van der Waals surface area contributed by atoms with Gasteiger partial charge in [0.25, 0.3) is 0 Å². The summed E-state index contributed by atoms with van der Waals surface area (Å²) in [6.45, 7) is 7.56. The van der Waals surface area contributed by atoms with E-state index >= 15 is 0 Å². The standard InChI is InChI=1S/C21H32/c1-4-15-9-11-18-17-10-8-16-7-5-6-13-20(16,2)19(17)12-14-21(15,18)3/h9,12,16-18H,4-8,10-11,13-14H2,1-3H3. The van der Waals surface area contributed by atoms with Gasteiger partial charge in [-0.05, 0) is 73.5 Å². The third-order valence-electron chi connectivity index (χ3n) is 8.07. The Balaban J connectivity index is 1.71. The molecule has 2 fully saturated rings. The molecule has 0 amide bonds. The molecule has 5 atom stereocenters. The van der Waals surface area contributed by atoms with Crippen molar-refractivity contribution in [2.24, 2.45) is 28.6 Å². The molecule has 0 aromatic carbocycles. The minimum absolute atomic E-state index is 0.501. The van der Waals surface area contributed by atoms with Crippen LogP contribution in [0.2, 0.25) is 0 Å². The van der Waals surface area contributed by atoms with Gasteiger partial charge in [-0.3, -0.25) is 0 Å². The van der Waals surface area contributed by atoms with E-state index in [0.29, 0.717) is 10.8 Å². The molecule has 0 heterocycles. The van der Waals surface area contributed by atoms with Gasteiger partial charge in [-0.1, -0.05) is 56.9 Å². The van der Waals surface area contributed by atoms with Crippen LogP contribution in [0, 0.1) is 28.6 Å². The van der Waals surface area contributed by atoms with Crippen LogP contribution in [0.4, 0.5) is 0 Å².